The Morgan fingerprint density at radius 2 is 1.80 bits per heavy atom. The summed E-state index contributed by atoms with van der Waals surface area (Å²) in [7, 11) is 1.29. The van der Waals surface area contributed by atoms with Crippen molar-refractivity contribution in [2.24, 2.45) is 7.05 Å². The van der Waals surface area contributed by atoms with E-state index in [0.29, 0.717) is 25.3 Å². The van der Waals surface area contributed by atoms with Crippen molar-refractivity contribution in [2.75, 3.05) is 31.5 Å². The Balaban J connectivity index is 1.56. The number of hydrogen-bond donors (Lipinski definition) is 1. The molecule has 1 aromatic heterocycles. The van der Waals surface area contributed by atoms with Crippen LogP contribution in [0.1, 0.15) is 21.7 Å². The van der Waals surface area contributed by atoms with Gasteiger partial charge in [0, 0.05) is 51.5 Å². The molecule has 2 aromatic rings. The summed E-state index contributed by atoms with van der Waals surface area (Å²) >= 11 is 0. The molecule has 0 aliphatic carbocycles. The van der Waals surface area contributed by atoms with Crippen LogP contribution in [0.5, 0.6) is 0 Å². The summed E-state index contributed by atoms with van der Waals surface area (Å²) < 4.78 is 39.2. The first-order valence-electron chi connectivity index (χ1n) is 9.32. The molecule has 2 amide bonds. The van der Waals surface area contributed by atoms with Gasteiger partial charge in [-0.3, -0.25) is 19.2 Å². The lowest BCUT2D eigenvalue weighted by Crippen LogP contribution is -2.47. The number of anilines is 1. The number of nitrogens with one attached hydrogen (secondary N) is 1. The normalized spacial score (nSPS) is 15.1. The van der Waals surface area contributed by atoms with E-state index in [9.17, 15) is 22.8 Å². The lowest BCUT2D eigenvalue weighted by atomic mass is 10.1. The molecule has 1 saturated heterocycles. The Morgan fingerprint density at radius 3 is 2.33 bits per heavy atom. The van der Waals surface area contributed by atoms with Crippen LogP contribution in [0.3, 0.4) is 0 Å². The summed E-state index contributed by atoms with van der Waals surface area (Å²) in [5, 5.41) is 5.93. The minimum absolute atomic E-state index is 0.0643. The van der Waals surface area contributed by atoms with E-state index in [1.54, 1.807) is 17.0 Å². The predicted octanol–water partition coefficient (Wildman–Crippen LogP) is 2.52. The van der Waals surface area contributed by atoms with Crippen molar-refractivity contribution in [3.05, 3.63) is 59.9 Å². The molecule has 0 radical (unpaired) electrons. The molecule has 1 N–H and O–H groups in total. The van der Waals surface area contributed by atoms with E-state index in [4.69, 9.17) is 0 Å². The summed E-state index contributed by atoms with van der Waals surface area (Å²) in [6.45, 7) is 6.98. The Morgan fingerprint density at radius 1 is 1.17 bits per heavy atom. The van der Waals surface area contributed by atoms with E-state index in [1.165, 1.54) is 13.1 Å². The second kappa shape index (κ2) is 8.70. The molecule has 1 aromatic carbocycles. The van der Waals surface area contributed by atoms with E-state index in [-0.39, 0.29) is 11.6 Å². The highest BCUT2D eigenvalue weighted by atomic mass is 19.4. The predicted molar refractivity (Wildman–Crippen MR) is 105 cm³/mol. The SMILES string of the molecule is C=CC(=O)N1CCN(Cc2ccc(NC(=O)c3cc(C(F)(F)F)nn3C)cc2)CC1. The van der Waals surface area contributed by atoms with Gasteiger partial charge in [0.05, 0.1) is 0 Å². The zero-order valence-electron chi connectivity index (χ0n) is 16.4. The highest BCUT2D eigenvalue weighted by Gasteiger charge is 2.35. The third-order valence-corrected chi connectivity index (χ3v) is 4.88. The molecule has 0 atom stereocenters. The highest BCUT2D eigenvalue weighted by molar-refractivity contribution is 6.03. The number of piperazine rings is 1. The largest absolute Gasteiger partial charge is 0.435 e. The number of nitrogens with zero attached hydrogens (tertiary/aromatic N) is 4. The summed E-state index contributed by atoms with van der Waals surface area (Å²) in [6.07, 6.45) is -3.29. The monoisotopic (exact) mass is 421 g/mol. The van der Waals surface area contributed by atoms with Gasteiger partial charge in [-0.25, -0.2) is 0 Å². The average molecular weight is 421 g/mol. The molecular formula is C20H22F3N5O2. The van der Waals surface area contributed by atoms with Crippen LogP contribution < -0.4 is 5.32 Å². The number of alkyl halides is 3. The average Bonchev–Trinajstić information content (AvgIpc) is 3.12. The van der Waals surface area contributed by atoms with Crippen LogP contribution in [0.4, 0.5) is 18.9 Å². The van der Waals surface area contributed by atoms with Crippen molar-refractivity contribution in [1.29, 1.82) is 0 Å². The summed E-state index contributed by atoms with van der Waals surface area (Å²) in [5.41, 5.74) is 0.204. The molecule has 30 heavy (non-hydrogen) atoms. The third kappa shape index (κ3) is 5.07. The van der Waals surface area contributed by atoms with Gasteiger partial charge in [0.15, 0.2) is 5.69 Å². The Kier molecular flexibility index (Phi) is 6.25. The van der Waals surface area contributed by atoms with E-state index < -0.39 is 17.8 Å². The van der Waals surface area contributed by atoms with Gasteiger partial charge in [-0.2, -0.15) is 18.3 Å². The number of carbonyl (C=O) groups is 2. The van der Waals surface area contributed by atoms with Crippen LogP contribution in [0.25, 0.3) is 0 Å². The van der Waals surface area contributed by atoms with Gasteiger partial charge in [-0.05, 0) is 23.8 Å². The number of amides is 2. The second-order valence-corrected chi connectivity index (χ2v) is 6.99. The van der Waals surface area contributed by atoms with E-state index in [0.717, 1.165) is 29.4 Å². The molecule has 0 unspecified atom stereocenters. The van der Waals surface area contributed by atoms with Crippen LogP contribution in [0.2, 0.25) is 0 Å². The van der Waals surface area contributed by atoms with Gasteiger partial charge in [-0.15, -0.1) is 0 Å². The van der Waals surface area contributed by atoms with Crippen molar-refractivity contribution >= 4 is 17.5 Å². The molecule has 7 nitrogen and oxygen atoms in total. The number of benzene rings is 1. The van der Waals surface area contributed by atoms with Gasteiger partial charge in [0.2, 0.25) is 5.91 Å². The number of rotatable bonds is 5. The first-order chi connectivity index (χ1) is 14.2. The topological polar surface area (TPSA) is 70.5 Å². The number of aryl methyl sites for hydroxylation is 1. The summed E-state index contributed by atoms with van der Waals surface area (Å²) in [5.74, 6) is -0.734. The minimum atomic E-state index is -4.61. The van der Waals surface area contributed by atoms with Crippen LogP contribution in [0.15, 0.2) is 43.0 Å². The number of hydrogen-bond acceptors (Lipinski definition) is 4. The Bertz CT molecular complexity index is 929. The maximum absolute atomic E-state index is 12.8. The Labute approximate surface area is 171 Å². The summed E-state index contributed by atoms with van der Waals surface area (Å²) in [6, 6.07) is 7.82. The number of carbonyl (C=O) groups excluding carboxylic acids is 2. The molecule has 1 aliphatic heterocycles. The fraction of sp³-hybridized carbons (Fsp3) is 0.350. The molecule has 0 saturated carbocycles. The quantitative estimate of drug-likeness (QED) is 0.754. The van der Waals surface area contributed by atoms with Crippen LogP contribution in [-0.4, -0.2) is 57.6 Å². The van der Waals surface area contributed by atoms with E-state index >= 15 is 0 Å². The molecule has 0 spiro atoms. The van der Waals surface area contributed by atoms with Crippen molar-refractivity contribution in [2.45, 2.75) is 12.7 Å². The van der Waals surface area contributed by atoms with Crippen molar-refractivity contribution in [3.63, 3.8) is 0 Å². The van der Waals surface area contributed by atoms with Crippen LogP contribution in [-0.2, 0) is 24.6 Å². The number of aromatic nitrogens is 2. The zero-order valence-corrected chi connectivity index (χ0v) is 16.4. The van der Waals surface area contributed by atoms with Gasteiger partial charge in [0.25, 0.3) is 5.91 Å². The standard InChI is InChI=1S/C20H22F3N5O2/c1-3-18(29)28-10-8-27(9-11-28)13-14-4-6-15(7-5-14)24-19(30)16-12-17(20(21,22)23)25-26(16)2/h3-7,12H,1,8-11,13H2,2H3,(H,24,30). The van der Waals surface area contributed by atoms with E-state index in [1.807, 2.05) is 12.1 Å². The second-order valence-electron chi connectivity index (χ2n) is 6.99. The van der Waals surface area contributed by atoms with Crippen molar-refractivity contribution in [3.8, 4) is 0 Å². The zero-order chi connectivity index (χ0) is 21.9. The molecular weight excluding hydrogens is 399 g/mol. The van der Waals surface area contributed by atoms with Gasteiger partial charge in [0.1, 0.15) is 5.69 Å². The fourth-order valence-electron chi connectivity index (χ4n) is 3.22. The molecule has 10 heteroatoms. The summed E-state index contributed by atoms with van der Waals surface area (Å²) in [4.78, 5) is 27.9. The van der Waals surface area contributed by atoms with Crippen molar-refractivity contribution < 1.29 is 22.8 Å². The lowest BCUT2D eigenvalue weighted by Gasteiger charge is -2.34. The molecule has 3 rings (SSSR count). The van der Waals surface area contributed by atoms with Crippen molar-refractivity contribution in [1.82, 2.24) is 19.6 Å². The Hall–Kier alpha value is -3.14. The lowest BCUT2D eigenvalue weighted by molar-refractivity contribution is -0.141. The third-order valence-electron chi connectivity index (χ3n) is 4.88. The van der Waals surface area contributed by atoms with Crippen LogP contribution >= 0.6 is 0 Å². The van der Waals surface area contributed by atoms with Gasteiger partial charge in [-0.1, -0.05) is 18.7 Å². The first kappa shape index (κ1) is 21.6. The van der Waals surface area contributed by atoms with Gasteiger partial charge < -0.3 is 10.2 Å². The fourth-order valence-corrected chi connectivity index (χ4v) is 3.22. The molecule has 2 heterocycles. The van der Waals surface area contributed by atoms with E-state index in [2.05, 4.69) is 21.9 Å². The minimum Gasteiger partial charge on any atom is -0.337 e. The molecule has 1 fully saturated rings. The van der Waals surface area contributed by atoms with Crippen LogP contribution in [0, 0.1) is 0 Å². The molecule has 160 valence electrons. The maximum atomic E-state index is 12.8. The first-order valence-corrected chi connectivity index (χ1v) is 9.32. The molecule has 0 bridgehead atoms. The number of halogens is 3. The van der Waals surface area contributed by atoms with Gasteiger partial charge >= 0.3 is 6.18 Å². The maximum Gasteiger partial charge on any atom is 0.435 e. The smallest absolute Gasteiger partial charge is 0.337 e. The highest BCUT2D eigenvalue weighted by Crippen LogP contribution is 2.28. The molecule has 1 aliphatic rings.